The van der Waals surface area contributed by atoms with Gasteiger partial charge in [0.1, 0.15) is 5.82 Å². The highest BCUT2D eigenvalue weighted by Crippen LogP contribution is 2.34. The number of halogens is 3. The van der Waals surface area contributed by atoms with Crippen molar-refractivity contribution in [1.82, 2.24) is 10.2 Å². The molecule has 5 heteroatoms. The van der Waals surface area contributed by atoms with Gasteiger partial charge in [-0.15, -0.1) is 0 Å². The van der Waals surface area contributed by atoms with Gasteiger partial charge in [-0.1, -0.05) is 20.3 Å². The van der Waals surface area contributed by atoms with Crippen molar-refractivity contribution in [3.63, 3.8) is 0 Å². The van der Waals surface area contributed by atoms with E-state index in [1.54, 1.807) is 0 Å². The van der Waals surface area contributed by atoms with Gasteiger partial charge in [0, 0.05) is 43.9 Å². The highest BCUT2D eigenvalue weighted by molar-refractivity contribution is 5.24. The molecular weight excluding hydrogens is 277 g/mol. The molecule has 1 heterocycles. The smallest absolute Gasteiger partial charge is 0.163 e. The van der Waals surface area contributed by atoms with Gasteiger partial charge in [-0.2, -0.15) is 0 Å². The lowest BCUT2D eigenvalue weighted by molar-refractivity contribution is 0.122. The minimum Gasteiger partial charge on any atom is -0.314 e. The normalized spacial score (nSPS) is 19.5. The van der Waals surface area contributed by atoms with E-state index >= 15 is 0 Å². The van der Waals surface area contributed by atoms with Gasteiger partial charge in [0.15, 0.2) is 11.6 Å². The van der Waals surface area contributed by atoms with Gasteiger partial charge < -0.3 is 5.32 Å². The number of hydrogen-bond donors (Lipinski definition) is 1. The van der Waals surface area contributed by atoms with E-state index in [-0.39, 0.29) is 17.5 Å². The van der Waals surface area contributed by atoms with E-state index in [0.717, 1.165) is 45.1 Å². The van der Waals surface area contributed by atoms with Crippen molar-refractivity contribution in [1.29, 1.82) is 0 Å². The average molecular weight is 300 g/mol. The Balaban J connectivity index is 2.38. The summed E-state index contributed by atoms with van der Waals surface area (Å²) in [6.45, 7) is 7.24. The first-order valence-corrected chi connectivity index (χ1v) is 7.63. The van der Waals surface area contributed by atoms with Crippen molar-refractivity contribution >= 4 is 0 Å². The zero-order chi connectivity index (χ0) is 15.4. The van der Waals surface area contributed by atoms with Crippen LogP contribution >= 0.6 is 0 Å². The SMILES string of the molecule is CCCC(C)[C@@H](c1cc(F)cc(F)c1F)N1CCNCC1. The molecule has 2 rings (SSSR count). The topological polar surface area (TPSA) is 15.3 Å². The number of nitrogens with zero attached hydrogens (tertiary/aromatic N) is 1. The summed E-state index contributed by atoms with van der Waals surface area (Å²) in [6, 6.07) is 1.48. The molecular formula is C16H23F3N2. The molecule has 0 spiro atoms. The van der Waals surface area contributed by atoms with Gasteiger partial charge in [-0.3, -0.25) is 4.90 Å². The summed E-state index contributed by atoms with van der Waals surface area (Å²) in [5, 5.41) is 3.25. The third kappa shape index (κ3) is 3.77. The zero-order valence-corrected chi connectivity index (χ0v) is 12.6. The first-order chi connectivity index (χ1) is 10.0. The van der Waals surface area contributed by atoms with Crippen LogP contribution in [0.4, 0.5) is 13.2 Å². The van der Waals surface area contributed by atoms with E-state index in [1.807, 2.05) is 6.92 Å². The zero-order valence-electron chi connectivity index (χ0n) is 12.6. The van der Waals surface area contributed by atoms with E-state index in [9.17, 15) is 13.2 Å². The van der Waals surface area contributed by atoms with Gasteiger partial charge in [0.2, 0.25) is 0 Å². The second-order valence-corrected chi connectivity index (χ2v) is 5.79. The predicted octanol–water partition coefficient (Wildman–Crippen LogP) is 3.49. The molecule has 1 N–H and O–H groups in total. The number of benzene rings is 1. The minimum absolute atomic E-state index is 0.142. The van der Waals surface area contributed by atoms with Crippen LogP contribution in [0.25, 0.3) is 0 Å². The molecule has 1 unspecified atom stereocenters. The van der Waals surface area contributed by atoms with Crippen LogP contribution in [-0.2, 0) is 0 Å². The van der Waals surface area contributed by atoms with E-state index in [0.29, 0.717) is 6.07 Å². The summed E-state index contributed by atoms with van der Waals surface area (Å²) in [4.78, 5) is 2.13. The van der Waals surface area contributed by atoms with Crippen molar-refractivity contribution in [2.24, 2.45) is 5.92 Å². The van der Waals surface area contributed by atoms with Crippen LogP contribution in [0.15, 0.2) is 12.1 Å². The summed E-state index contributed by atoms with van der Waals surface area (Å²) >= 11 is 0. The molecule has 1 saturated heterocycles. The highest BCUT2D eigenvalue weighted by atomic mass is 19.2. The van der Waals surface area contributed by atoms with Crippen LogP contribution in [0.5, 0.6) is 0 Å². The van der Waals surface area contributed by atoms with Gasteiger partial charge >= 0.3 is 0 Å². The number of hydrogen-bond acceptors (Lipinski definition) is 2. The Morgan fingerprint density at radius 1 is 1.19 bits per heavy atom. The van der Waals surface area contributed by atoms with Crippen molar-refractivity contribution in [2.75, 3.05) is 26.2 Å². The number of piperazine rings is 1. The molecule has 1 aliphatic heterocycles. The van der Waals surface area contributed by atoms with Crippen molar-refractivity contribution < 1.29 is 13.2 Å². The molecule has 118 valence electrons. The number of nitrogens with one attached hydrogen (secondary N) is 1. The molecule has 1 fully saturated rings. The second-order valence-electron chi connectivity index (χ2n) is 5.79. The van der Waals surface area contributed by atoms with Crippen LogP contribution in [0.2, 0.25) is 0 Å². The molecule has 1 aromatic carbocycles. The molecule has 21 heavy (non-hydrogen) atoms. The second kappa shape index (κ2) is 7.27. The van der Waals surface area contributed by atoms with E-state index in [4.69, 9.17) is 0 Å². The first-order valence-electron chi connectivity index (χ1n) is 7.63. The maximum absolute atomic E-state index is 14.2. The summed E-state index contributed by atoms with van der Waals surface area (Å²) < 4.78 is 41.3. The quantitative estimate of drug-likeness (QED) is 0.838. The largest absolute Gasteiger partial charge is 0.314 e. The first kappa shape index (κ1) is 16.3. The Morgan fingerprint density at radius 3 is 2.48 bits per heavy atom. The van der Waals surface area contributed by atoms with Gasteiger partial charge in [-0.25, -0.2) is 13.2 Å². The van der Waals surface area contributed by atoms with Gasteiger partial charge in [0.05, 0.1) is 0 Å². The third-order valence-electron chi connectivity index (χ3n) is 4.17. The van der Waals surface area contributed by atoms with E-state index in [1.165, 1.54) is 0 Å². The molecule has 1 aliphatic rings. The van der Waals surface area contributed by atoms with Gasteiger partial charge in [-0.05, 0) is 18.4 Å². The van der Waals surface area contributed by atoms with Crippen LogP contribution < -0.4 is 5.32 Å². The van der Waals surface area contributed by atoms with Crippen molar-refractivity contribution in [3.8, 4) is 0 Å². The lowest BCUT2D eigenvalue weighted by atomic mass is 9.88. The van der Waals surface area contributed by atoms with Crippen LogP contribution in [0, 0.1) is 23.4 Å². The van der Waals surface area contributed by atoms with Crippen molar-refractivity contribution in [2.45, 2.75) is 32.7 Å². The summed E-state index contributed by atoms with van der Waals surface area (Å²) in [5.74, 6) is -2.59. The Bertz CT molecular complexity index is 473. The summed E-state index contributed by atoms with van der Waals surface area (Å²) in [7, 11) is 0. The maximum atomic E-state index is 14.2. The molecule has 0 aliphatic carbocycles. The Labute approximate surface area is 124 Å². The molecule has 2 nitrogen and oxygen atoms in total. The minimum atomic E-state index is -1.10. The van der Waals surface area contributed by atoms with E-state index < -0.39 is 17.5 Å². The standard InChI is InChI=1S/C16H23F3N2/c1-3-4-11(2)16(21-7-5-20-6-8-21)13-9-12(17)10-14(18)15(13)19/h9-11,16,20H,3-8H2,1-2H3/t11?,16-/m0/s1. The molecule has 0 aromatic heterocycles. The molecule has 0 saturated carbocycles. The van der Waals surface area contributed by atoms with Crippen LogP contribution in [0.3, 0.4) is 0 Å². The van der Waals surface area contributed by atoms with Crippen LogP contribution in [-0.4, -0.2) is 31.1 Å². The Hall–Kier alpha value is -1.07. The monoisotopic (exact) mass is 300 g/mol. The van der Waals surface area contributed by atoms with E-state index in [2.05, 4.69) is 17.1 Å². The van der Waals surface area contributed by atoms with Crippen LogP contribution in [0.1, 0.15) is 38.3 Å². The fourth-order valence-corrected chi connectivity index (χ4v) is 3.23. The Kier molecular flexibility index (Phi) is 5.65. The molecule has 1 aromatic rings. The molecule has 2 atom stereocenters. The lowest BCUT2D eigenvalue weighted by Crippen LogP contribution is -2.47. The Morgan fingerprint density at radius 2 is 1.86 bits per heavy atom. The summed E-state index contributed by atoms with van der Waals surface area (Å²) in [6.07, 6.45) is 1.86. The molecule has 0 amide bonds. The van der Waals surface area contributed by atoms with Crippen molar-refractivity contribution in [3.05, 3.63) is 35.1 Å². The third-order valence-corrected chi connectivity index (χ3v) is 4.17. The highest BCUT2D eigenvalue weighted by Gasteiger charge is 2.30. The maximum Gasteiger partial charge on any atom is 0.163 e. The summed E-state index contributed by atoms with van der Waals surface area (Å²) in [5.41, 5.74) is 0.148. The fraction of sp³-hybridized carbons (Fsp3) is 0.625. The molecule has 0 bridgehead atoms. The average Bonchev–Trinajstić information content (AvgIpc) is 2.46. The van der Waals surface area contributed by atoms with Gasteiger partial charge in [0.25, 0.3) is 0 Å². The lowest BCUT2D eigenvalue weighted by Gasteiger charge is -2.38. The fourth-order valence-electron chi connectivity index (χ4n) is 3.23. The molecule has 0 radical (unpaired) electrons. The predicted molar refractivity (Wildman–Crippen MR) is 77.6 cm³/mol. The number of rotatable bonds is 5.